The first-order valence-electron chi connectivity index (χ1n) is 13.0. The molecule has 3 aliphatic rings. The average molecular weight is 495 g/mol. The fourth-order valence-corrected chi connectivity index (χ4v) is 6.35. The average Bonchev–Trinajstić information content (AvgIpc) is 3.28. The minimum Gasteiger partial charge on any atom is -0.371 e. The van der Waals surface area contributed by atoms with E-state index in [0.29, 0.717) is 18.1 Å². The Morgan fingerprint density at radius 2 is 1.63 bits per heavy atom. The Morgan fingerprint density at radius 3 is 2.29 bits per heavy atom. The third kappa shape index (κ3) is 5.64. The van der Waals surface area contributed by atoms with Crippen molar-refractivity contribution in [2.24, 2.45) is 5.14 Å². The first-order valence-corrected chi connectivity index (χ1v) is 14.5. The summed E-state index contributed by atoms with van der Waals surface area (Å²) in [4.78, 5) is 5.26. The van der Waals surface area contributed by atoms with Gasteiger partial charge in [0.25, 0.3) is 0 Å². The van der Waals surface area contributed by atoms with Crippen LogP contribution in [0.15, 0.2) is 47.4 Å². The second kappa shape index (κ2) is 10.1. The molecule has 0 saturated carbocycles. The summed E-state index contributed by atoms with van der Waals surface area (Å²) in [5, 5.41) is 9.27. The van der Waals surface area contributed by atoms with Gasteiger partial charge in [0, 0.05) is 36.9 Å². The molecule has 5 rings (SSSR count). The Hall–Kier alpha value is -2.19. The number of likely N-dealkylation sites (tertiary alicyclic amines) is 1. The molecule has 6 nitrogen and oxygen atoms in total. The highest BCUT2D eigenvalue weighted by Crippen LogP contribution is 2.34. The van der Waals surface area contributed by atoms with Gasteiger partial charge in [0.1, 0.15) is 0 Å². The van der Waals surface area contributed by atoms with Gasteiger partial charge in [-0.2, -0.15) is 0 Å². The Morgan fingerprint density at radius 1 is 0.943 bits per heavy atom. The minimum atomic E-state index is -3.69. The van der Waals surface area contributed by atoms with Crippen LogP contribution in [0.25, 0.3) is 11.6 Å². The van der Waals surface area contributed by atoms with Crippen molar-refractivity contribution in [1.29, 1.82) is 0 Å². The van der Waals surface area contributed by atoms with E-state index in [1.807, 2.05) is 6.07 Å². The van der Waals surface area contributed by atoms with Crippen LogP contribution in [0.4, 0.5) is 5.69 Å². The Balaban J connectivity index is 1.19. The van der Waals surface area contributed by atoms with Crippen molar-refractivity contribution >= 4 is 27.4 Å². The maximum Gasteiger partial charge on any atom is 0.238 e. The quantitative estimate of drug-likeness (QED) is 0.638. The number of anilines is 1. The van der Waals surface area contributed by atoms with Gasteiger partial charge in [0.05, 0.1) is 4.90 Å². The predicted octanol–water partition coefficient (Wildman–Crippen LogP) is 3.86. The van der Waals surface area contributed by atoms with Gasteiger partial charge in [0.15, 0.2) is 0 Å². The van der Waals surface area contributed by atoms with Crippen LogP contribution in [-0.4, -0.2) is 57.6 Å². The van der Waals surface area contributed by atoms with Crippen LogP contribution >= 0.6 is 0 Å². The summed E-state index contributed by atoms with van der Waals surface area (Å²) >= 11 is 0. The van der Waals surface area contributed by atoms with Gasteiger partial charge in [-0.1, -0.05) is 24.3 Å². The molecule has 2 saturated heterocycles. The van der Waals surface area contributed by atoms with Crippen LogP contribution in [0.5, 0.6) is 0 Å². The highest BCUT2D eigenvalue weighted by Gasteiger charge is 2.26. The van der Waals surface area contributed by atoms with E-state index in [1.165, 1.54) is 55.6 Å². The van der Waals surface area contributed by atoms with Crippen molar-refractivity contribution in [2.45, 2.75) is 69.0 Å². The highest BCUT2D eigenvalue weighted by molar-refractivity contribution is 7.89. The van der Waals surface area contributed by atoms with Crippen LogP contribution in [0.1, 0.15) is 56.2 Å². The lowest BCUT2D eigenvalue weighted by molar-refractivity contribution is 0.154. The van der Waals surface area contributed by atoms with E-state index >= 15 is 0 Å². The maximum atomic E-state index is 11.7. The van der Waals surface area contributed by atoms with E-state index in [-0.39, 0.29) is 4.90 Å². The number of rotatable bonds is 6. The van der Waals surface area contributed by atoms with Crippen molar-refractivity contribution in [3.05, 3.63) is 59.2 Å². The Bertz CT molecular complexity index is 1190. The molecular weight excluding hydrogens is 456 g/mol. The molecule has 2 fully saturated rings. The number of fused-ring (bicyclic) bond motifs is 1. The van der Waals surface area contributed by atoms with Crippen LogP contribution in [0, 0.1) is 0 Å². The Kier molecular flexibility index (Phi) is 7.04. The number of sulfonamides is 1. The number of primary sulfonamides is 1. The molecule has 2 aromatic carbocycles. The molecule has 0 aromatic heterocycles. The van der Waals surface area contributed by atoms with Gasteiger partial charge >= 0.3 is 0 Å². The lowest BCUT2D eigenvalue weighted by Crippen LogP contribution is -2.50. The first-order chi connectivity index (χ1) is 16.8. The molecule has 0 atom stereocenters. The van der Waals surface area contributed by atoms with Crippen LogP contribution in [-0.2, 0) is 16.4 Å². The van der Waals surface area contributed by atoms with Crippen LogP contribution in [0.2, 0.25) is 0 Å². The third-order valence-corrected chi connectivity index (χ3v) is 8.88. The second-order valence-electron chi connectivity index (χ2n) is 10.6. The molecule has 3 N–H and O–H groups in total. The maximum absolute atomic E-state index is 11.7. The van der Waals surface area contributed by atoms with Gasteiger partial charge in [-0.3, -0.25) is 0 Å². The largest absolute Gasteiger partial charge is 0.371 e. The fourth-order valence-electron chi connectivity index (χ4n) is 5.80. The standard InChI is InChI=1S/C28H38N4O2S/c1-20(2)31-12-8-25(9-13-31)30-26-10-14-32(15-11-26)27-5-3-4-21(18-27)23-16-22-6-7-28(35(29,33)34)19-24(22)17-23/h3-7,17-20,25-26,30H,8-16H2,1-2H3,(H2,29,33,34). The van der Waals surface area contributed by atoms with Gasteiger partial charge in [-0.25, -0.2) is 13.6 Å². The molecular formula is C28H38N4O2S. The van der Waals surface area contributed by atoms with Crippen molar-refractivity contribution in [3.63, 3.8) is 0 Å². The zero-order chi connectivity index (χ0) is 24.6. The van der Waals surface area contributed by atoms with E-state index in [0.717, 1.165) is 30.6 Å². The summed E-state index contributed by atoms with van der Waals surface area (Å²) < 4.78 is 23.4. The lowest BCUT2D eigenvalue weighted by Gasteiger charge is -2.39. The third-order valence-electron chi connectivity index (χ3n) is 7.96. The number of nitrogens with zero attached hydrogens (tertiary/aromatic N) is 2. The fraction of sp³-hybridized carbons (Fsp3) is 0.500. The zero-order valence-electron chi connectivity index (χ0n) is 20.9. The zero-order valence-corrected chi connectivity index (χ0v) is 21.7. The molecule has 0 amide bonds. The van der Waals surface area contributed by atoms with Gasteiger partial charge < -0.3 is 15.1 Å². The summed E-state index contributed by atoms with van der Waals surface area (Å²) in [6.45, 7) is 9.16. The molecule has 0 unspecified atom stereocenters. The van der Waals surface area contributed by atoms with Crippen molar-refractivity contribution in [2.75, 3.05) is 31.1 Å². The number of nitrogens with one attached hydrogen (secondary N) is 1. The molecule has 7 heteroatoms. The van der Waals surface area contributed by atoms with Crippen molar-refractivity contribution in [1.82, 2.24) is 10.2 Å². The topological polar surface area (TPSA) is 78.7 Å². The number of benzene rings is 2. The van der Waals surface area contributed by atoms with E-state index in [2.05, 4.69) is 59.3 Å². The van der Waals surface area contributed by atoms with E-state index in [1.54, 1.807) is 12.1 Å². The van der Waals surface area contributed by atoms with Crippen LogP contribution in [0.3, 0.4) is 0 Å². The monoisotopic (exact) mass is 494 g/mol. The normalized spacial score (nSPS) is 20.3. The molecule has 35 heavy (non-hydrogen) atoms. The summed E-state index contributed by atoms with van der Waals surface area (Å²) in [7, 11) is -3.69. The van der Waals surface area contributed by atoms with E-state index < -0.39 is 10.0 Å². The molecule has 2 aliphatic heterocycles. The molecule has 2 heterocycles. The number of piperidine rings is 2. The van der Waals surface area contributed by atoms with Crippen LogP contribution < -0.4 is 15.4 Å². The summed E-state index contributed by atoms with van der Waals surface area (Å²) in [6, 6.07) is 15.9. The highest BCUT2D eigenvalue weighted by atomic mass is 32.2. The number of nitrogens with two attached hydrogens (primary N) is 1. The van der Waals surface area contributed by atoms with Gasteiger partial charge in [0.2, 0.25) is 10.0 Å². The van der Waals surface area contributed by atoms with Crippen molar-refractivity contribution in [3.8, 4) is 0 Å². The van der Waals surface area contributed by atoms with Crippen molar-refractivity contribution < 1.29 is 8.42 Å². The van der Waals surface area contributed by atoms with E-state index in [9.17, 15) is 8.42 Å². The smallest absolute Gasteiger partial charge is 0.238 e. The first kappa shape index (κ1) is 24.5. The lowest BCUT2D eigenvalue weighted by atomic mass is 9.98. The summed E-state index contributed by atoms with van der Waals surface area (Å²) in [5.41, 5.74) is 5.78. The second-order valence-corrected chi connectivity index (χ2v) is 12.2. The molecule has 0 radical (unpaired) electrons. The molecule has 1 aliphatic carbocycles. The Labute approximate surface area is 210 Å². The summed E-state index contributed by atoms with van der Waals surface area (Å²) in [6.07, 6.45) is 7.79. The SMILES string of the molecule is CC(C)N1CCC(NC2CCN(c3cccc(C4=Cc5cc(S(N)(=O)=O)ccc5C4)c3)CC2)CC1. The molecule has 188 valence electrons. The number of hydrogen-bond donors (Lipinski definition) is 2. The molecule has 0 spiro atoms. The predicted molar refractivity (Wildman–Crippen MR) is 144 cm³/mol. The molecule has 2 aromatic rings. The minimum absolute atomic E-state index is 0.171. The number of hydrogen-bond acceptors (Lipinski definition) is 5. The molecule has 0 bridgehead atoms. The summed E-state index contributed by atoms with van der Waals surface area (Å²) in [5.74, 6) is 0. The van der Waals surface area contributed by atoms with Gasteiger partial charge in [-0.15, -0.1) is 0 Å². The van der Waals surface area contributed by atoms with Gasteiger partial charge in [-0.05, 0) is 106 Å². The number of allylic oxidation sites excluding steroid dienone is 1. The van der Waals surface area contributed by atoms with E-state index in [4.69, 9.17) is 5.14 Å².